The van der Waals surface area contributed by atoms with Crippen molar-refractivity contribution in [3.8, 4) is 11.4 Å². The van der Waals surface area contributed by atoms with Crippen LogP contribution in [0.4, 0.5) is 13.2 Å². The summed E-state index contributed by atoms with van der Waals surface area (Å²) in [6.07, 6.45) is -4.43. The molecule has 0 radical (unpaired) electrons. The van der Waals surface area contributed by atoms with Crippen LogP contribution in [0.2, 0.25) is 0 Å². The standard InChI is InChI=1S/C16H11F3N2O2/c1-23-15(22)11-6-3-7-12-13(11)21-14(20-12)9-4-2-5-10(8-9)16(17,18)19/h2-8H,1H3,(H,20,21). The van der Waals surface area contributed by atoms with Gasteiger partial charge in [-0.05, 0) is 24.3 Å². The molecule has 0 saturated carbocycles. The second-order valence-corrected chi connectivity index (χ2v) is 4.86. The molecule has 118 valence electrons. The number of nitrogens with zero attached hydrogens (tertiary/aromatic N) is 1. The number of carbonyl (C=O) groups excluding carboxylic acids is 1. The Hall–Kier alpha value is -2.83. The fraction of sp³-hybridized carbons (Fsp3) is 0.125. The lowest BCUT2D eigenvalue weighted by Gasteiger charge is -2.07. The van der Waals surface area contributed by atoms with E-state index in [2.05, 4.69) is 14.7 Å². The predicted molar refractivity (Wildman–Crippen MR) is 77.9 cm³/mol. The number of benzene rings is 2. The van der Waals surface area contributed by atoms with Gasteiger partial charge in [0.15, 0.2) is 0 Å². The minimum Gasteiger partial charge on any atom is -0.465 e. The average molecular weight is 320 g/mol. The Morgan fingerprint density at radius 1 is 1.17 bits per heavy atom. The van der Waals surface area contributed by atoms with E-state index in [0.29, 0.717) is 11.0 Å². The van der Waals surface area contributed by atoms with Crippen molar-refractivity contribution < 1.29 is 22.7 Å². The maximum Gasteiger partial charge on any atom is 0.416 e. The molecule has 0 atom stereocenters. The Balaban J connectivity index is 2.13. The number of aromatic nitrogens is 2. The topological polar surface area (TPSA) is 55.0 Å². The van der Waals surface area contributed by atoms with Crippen LogP contribution in [0, 0.1) is 0 Å². The minimum atomic E-state index is -4.43. The van der Waals surface area contributed by atoms with Crippen LogP contribution < -0.4 is 0 Å². The molecule has 0 saturated heterocycles. The quantitative estimate of drug-likeness (QED) is 0.725. The molecule has 0 amide bonds. The molecular weight excluding hydrogens is 309 g/mol. The Morgan fingerprint density at radius 3 is 2.61 bits per heavy atom. The Labute approximate surface area is 128 Å². The van der Waals surface area contributed by atoms with Gasteiger partial charge in [-0.2, -0.15) is 13.2 Å². The highest BCUT2D eigenvalue weighted by Gasteiger charge is 2.30. The van der Waals surface area contributed by atoms with E-state index in [4.69, 9.17) is 0 Å². The molecule has 0 spiro atoms. The van der Waals surface area contributed by atoms with Crippen molar-refractivity contribution in [1.29, 1.82) is 0 Å². The molecule has 0 aliphatic rings. The largest absolute Gasteiger partial charge is 0.465 e. The van der Waals surface area contributed by atoms with Crippen LogP contribution in [0.5, 0.6) is 0 Å². The molecule has 1 N–H and O–H groups in total. The number of H-pyrrole nitrogens is 1. The van der Waals surface area contributed by atoms with Crippen LogP contribution in [-0.2, 0) is 10.9 Å². The van der Waals surface area contributed by atoms with Crippen LogP contribution in [-0.4, -0.2) is 23.0 Å². The summed E-state index contributed by atoms with van der Waals surface area (Å²) < 4.78 is 43.1. The first kappa shape index (κ1) is 15.1. The second-order valence-electron chi connectivity index (χ2n) is 4.86. The molecule has 0 aliphatic heterocycles. The van der Waals surface area contributed by atoms with E-state index in [1.165, 1.54) is 19.2 Å². The number of rotatable bonds is 2. The van der Waals surface area contributed by atoms with Crippen LogP contribution in [0.25, 0.3) is 22.4 Å². The first-order valence-corrected chi connectivity index (χ1v) is 6.65. The summed E-state index contributed by atoms with van der Waals surface area (Å²) in [5, 5.41) is 0. The van der Waals surface area contributed by atoms with Crippen molar-refractivity contribution in [2.75, 3.05) is 7.11 Å². The predicted octanol–water partition coefficient (Wildman–Crippen LogP) is 4.04. The third-order valence-corrected chi connectivity index (χ3v) is 3.38. The molecule has 4 nitrogen and oxygen atoms in total. The van der Waals surface area contributed by atoms with Gasteiger partial charge in [-0.3, -0.25) is 0 Å². The van der Waals surface area contributed by atoms with Crippen molar-refractivity contribution in [1.82, 2.24) is 9.97 Å². The Morgan fingerprint density at radius 2 is 1.91 bits per heavy atom. The normalized spacial score (nSPS) is 11.7. The summed E-state index contributed by atoms with van der Waals surface area (Å²) in [6.45, 7) is 0. The number of alkyl halides is 3. The number of para-hydroxylation sites is 1. The zero-order chi connectivity index (χ0) is 16.6. The summed E-state index contributed by atoms with van der Waals surface area (Å²) in [7, 11) is 1.25. The zero-order valence-electron chi connectivity index (χ0n) is 11.9. The smallest absolute Gasteiger partial charge is 0.416 e. The van der Waals surface area contributed by atoms with E-state index in [9.17, 15) is 18.0 Å². The Kier molecular flexibility index (Phi) is 3.55. The Bertz CT molecular complexity index is 884. The van der Waals surface area contributed by atoms with Gasteiger partial charge >= 0.3 is 12.1 Å². The molecule has 2 aromatic carbocycles. The van der Waals surface area contributed by atoms with E-state index in [0.717, 1.165) is 12.1 Å². The van der Waals surface area contributed by atoms with E-state index in [-0.39, 0.29) is 17.0 Å². The number of ether oxygens (including phenoxy) is 1. The average Bonchev–Trinajstić information content (AvgIpc) is 2.97. The number of imidazole rings is 1. The van der Waals surface area contributed by atoms with E-state index < -0.39 is 17.7 Å². The van der Waals surface area contributed by atoms with Gasteiger partial charge in [-0.15, -0.1) is 0 Å². The SMILES string of the molecule is COC(=O)c1cccc2[nH]c(-c3cccc(C(F)(F)F)c3)nc12. The highest BCUT2D eigenvalue weighted by molar-refractivity contribution is 6.02. The van der Waals surface area contributed by atoms with Crippen molar-refractivity contribution >= 4 is 17.0 Å². The number of carbonyl (C=O) groups is 1. The van der Waals surface area contributed by atoms with Crippen LogP contribution >= 0.6 is 0 Å². The van der Waals surface area contributed by atoms with Crippen molar-refractivity contribution in [2.24, 2.45) is 0 Å². The maximum atomic E-state index is 12.8. The lowest BCUT2D eigenvalue weighted by molar-refractivity contribution is -0.137. The first-order chi connectivity index (χ1) is 10.9. The van der Waals surface area contributed by atoms with Gasteiger partial charge in [-0.25, -0.2) is 9.78 Å². The van der Waals surface area contributed by atoms with Gasteiger partial charge in [0.05, 0.1) is 23.8 Å². The number of esters is 1. The number of hydrogen-bond acceptors (Lipinski definition) is 3. The fourth-order valence-electron chi connectivity index (χ4n) is 2.29. The van der Waals surface area contributed by atoms with Gasteiger partial charge in [-0.1, -0.05) is 18.2 Å². The molecular formula is C16H11F3N2O2. The van der Waals surface area contributed by atoms with Gasteiger partial charge in [0, 0.05) is 5.56 Å². The molecule has 0 aliphatic carbocycles. The summed E-state index contributed by atoms with van der Waals surface area (Å²) >= 11 is 0. The van der Waals surface area contributed by atoms with Gasteiger partial charge in [0.25, 0.3) is 0 Å². The van der Waals surface area contributed by atoms with Crippen molar-refractivity contribution in [3.63, 3.8) is 0 Å². The molecule has 23 heavy (non-hydrogen) atoms. The molecule has 0 fully saturated rings. The molecule has 1 heterocycles. The summed E-state index contributed by atoms with van der Waals surface area (Å²) in [5.74, 6) is -0.305. The molecule has 0 bridgehead atoms. The molecule has 3 aromatic rings. The highest BCUT2D eigenvalue weighted by atomic mass is 19.4. The number of nitrogens with one attached hydrogen (secondary N) is 1. The summed E-state index contributed by atoms with van der Waals surface area (Å²) in [6, 6.07) is 9.71. The molecule has 3 rings (SSSR count). The number of hydrogen-bond donors (Lipinski definition) is 1. The third kappa shape index (κ3) is 2.77. The number of halogens is 3. The maximum absolute atomic E-state index is 12.8. The lowest BCUT2D eigenvalue weighted by Crippen LogP contribution is -2.04. The van der Waals surface area contributed by atoms with Gasteiger partial charge in [0.1, 0.15) is 11.3 Å². The van der Waals surface area contributed by atoms with Crippen LogP contribution in [0.15, 0.2) is 42.5 Å². The second kappa shape index (κ2) is 5.42. The zero-order valence-corrected chi connectivity index (χ0v) is 11.9. The monoisotopic (exact) mass is 320 g/mol. The summed E-state index contributed by atoms with van der Waals surface area (Å²) in [4.78, 5) is 18.9. The molecule has 7 heteroatoms. The number of methoxy groups -OCH3 is 1. The van der Waals surface area contributed by atoms with E-state index in [1.54, 1.807) is 18.2 Å². The van der Waals surface area contributed by atoms with Gasteiger partial charge < -0.3 is 9.72 Å². The van der Waals surface area contributed by atoms with Gasteiger partial charge in [0.2, 0.25) is 0 Å². The number of fused-ring (bicyclic) bond motifs is 1. The van der Waals surface area contributed by atoms with Crippen molar-refractivity contribution in [2.45, 2.75) is 6.18 Å². The van der Waals surface area contributed by atoms with Crippen molar-refractivity contribution in [3.05, 3.63) is 53.6 Å². The fourth-order valence-corrected chi connectivity index (χ4v) is 2.29. The third-order valence-electron chi connectivity index (χ3n) is 3.38. The molecule has 1 aromatic heterocycles. The lowest BCUT2D eigenvalue weighted by atomic mass is 10.1. The number of aromatic amines is 1. The van der Waals surface area contributed by atoms with Crippen LogP contribution in [0.1, 0.15) is 15.9 Å². The summed E-state index contributed by atoms with van der Waals surface area (Å²) in [5.41, 5.74) is 0.669. The minimum absolute atomic E-state index is 0.250. The highest BCUT2D eigenvalue weighted by Crippen LogP contribution is 2.32. The van der Waals surface area contributed by atoms with Crippen LogP contribution in [0.3, 0.4) is 0 Å². The van der Waals surface area contributed by atoms with E-state index in [1.807, 2.05) is 0 Å². The van der Waals surface area contributed by atoms with E-state index >= 15 is 0 Å². The first-order valence-electron chi connectivity index (χ1n) is 6.65. The molecule has 0 unspecified atom stereocenters.